The summed E-state index contributed by atoms with van der Waals surface area (Å²) in [5.41, 5.74) is 15.3. The summed E-state index contributed by atoms with van der Waals surface area (Å²) in [5, 5.41) is 4.64. The number of aromatic nitrogens is 1. The molecule has 0 unspecified atom stereocenters. The van der Waals surface area contributed by atoms with Crippen LogP contribution in [0.5, 0.6) is 0 Å². The Labute approximate surface area is 330 Å². The molecule has 11 aromatic rings. The molecule has 0 saturated carbocycles. The lowest BCUT2D eigenvalue weighted by Gasteiger charge is -2.26. The van der Waals surface area contributed by atoms with Gasteiger partial charge in [-0.25, -0.2) is 0 Å². The SMILES string of the molecule is c1ccc(-c2ccc(N(c3ccc(-c4ccccc4)cc3)c3ccc4c(c3)oc3c(-c5ccccc5)cc(-n5c6ccccc6c6ccccc65)cc34)cc2)cc1. The molecule has 0 aliphatic carbocycles. The van der Waals surface area contributed by atoms with E-state index in [9.17, 15) is 0 Å². The van der Waals surface area contributed by atoms with Gasteiger partial charge in [0.25, 0.3) is 0 Å². The van der Waals surface area contributed by atoms with E-state index >= 15 is 0 Å². The second kappa shape index (κ2) is 13.6. The highest BCUT2D eigenvalue weighted by molar-refractivity contribution is 6.13. The van der Waals surface area contributed by atoms with Gasteiger partial charge in [0, 0.05) is 55.9 Å². The van der Waals surface area contributed by atoms with Crippen molar-refractivity contribution in [1.29, 1.82) is 0 Å². The third-order valence-corrected chi connectivity index (χ3v) is 11.2. The standard InChI is InChI=1S/C54H36N2O/c1-4-14-37(15-5-1)39-24-28-42(29-25-39)55(43-30-26-40(27-31-43)38-16-6-2-7-17-38)44-32-33-48-50-35-45(34-49(41-18-8-3-9-19-41)54(50)57-53(48)36-44)56-51-22-12-10-20-46(51)47-21-11-13-23-52(47)56/h1-36H. The molecule has 3 nitrogen and oxygen atoms in total. The summed E-state index contributed by atoms with van der Waals surface area (Å²) in [7, 11) is 0. The van der Waals surface area contributed by atoms with Crippen LogP contribution in [0.1, 0.15) is 0 Å². The maximum absolute atomic E-state index is 6.97. The minimum atomic E-state index is 0.839. The van der Waals surface area contributed by atoms with Gasteiger partial charge < -0.3 is 13.9 Å². The summed E-state index contributed by atoms with van der Waals surface area (Å²) < 4.78 is 9.36. The molecule has 0 N–H and O–H groups in total. The van der Waals surface area contributed by atoms with Crippen molar-refractivity contribution >= 4 is 60.8 Å². The molecule has 57 heavy (non-hydrogen) atoms. The van der Waals surface area contributed by atoms with Crippen LogP contribution in [0.4, 0.5) is 17.1 Å². The van der Waals surface area contributed by atoms with Gasteiger partial charge in [0.15, 0.2) is 0 Å². The first-order valence-electron chi connectivity index (χ1n) is 19.4. The van der Waals surface area contributed by atoms with E-state index in [2.05, 4.69) is 228 Å². The fourth-order valence-electron chi connectivity index (χ4n) is 8.47. The van der Waals surface area contributed by atoms with Crippen molar-refractivity contribution in [3.8, 4) is 39.1 Å². The van der Waals surface area contributed by atoms with Gasteiger partial charge in [0.2, 0.25) is 0 Å². The summed E-state index contributed by atoms with van der Waals surface area (Å²) in [5.74, 6) is 0. The first-order chi connectivity index (χ1) is 28.3. The third-order valence-electron chi connectivity index (χ3n) is 11.2. The molecule has 0 aliphatic heterocycles. The zero-order valence-corrected chi connectivity index (χ0v) is 31.1. The van der Waals surface area contributed by atoms with Crippen LogP contribution in [0.15, 0.2) is 223 Å². The maximum atomic E-state index is 6.97. The van der Waals surface area contributed by atoms with Gasteiger partial charge in [-0.05, 0) is 88.5 Å². The number of nitrogens with zero attached hydrogens (tertiary/aromatic N) is 2. The summed E-state index contributed by atoms with van der Waals surface area (Å²) in [6, 6.07) is 77.9. The maximum Gasteiger partial charge on any atom is 0.143 e. The monoisotopic (exact) mass is 728 g/mol. The lowest BCUT2D eigenvalue weighted by atomic mass is 10.0. The van der Waals surface area contributed by atoms with Gasteiger partial charge in [-0.3, -0.25) is 0 Å². The zero-order valence-electron chi connectivity index (χ0n) is 31.1. The molecule has 2 heterocycles. The van der Waals surface area contributed by atoms with E-state index in [4.69, 9.17) is 4.42 Å². The first-order valence-corrected chi connectivity index (χ1v) is 19.4. The highest BCUT2D eigenvalue weighted by Crippen LogP contribution is 2.43. The molecule has 0 atom stereocenters. The van der Waals surface area contributed by atoms with Crippen LogP contribution < -0.4 is 4.90 Å². The molecule has 0 fully saturated rings. The van der Waals surface area contributed by atoms with Crippen LogP contribution in [-0.2, 0) is 0 Å². The molecule has 11 rings (SSSR count). The minimum Gasteiger partial charge on any atom is -0.455 e. The van der Waals surface area contributed by atoms with Crippen molar-refractivity contribution in [3.05, 3.63) is 218 Å². The van der Waals surface area contributed by atoms with E-state index in [-0.39, 0.29) is 0 Å². The largest absolute Gasteiger partial charge is 0.455 e. The number of furan rings is 1. The minimum absolute atomic E-state index is 0.839. The van der Waals surface area contributed by atoms with Crippen LogP contribution in [-0.4, -0.2) is 4.57 Å². The molecule has 268 valence electrons. The number of hydrogen-bond donors (Lipinski definition) is 0. The number of fused-ring (bicyclic) bond motifs is 6. The fourth-order valence-corrected chi connectivity index (χ4v) is 8.47. The quantitative estimate of drug-likeness (QED) is 0.163. The van der Waals surface area contributed by atoms with Crippen molar-refractivity contribution in [2.24, 2.45) is 0 Å². The summed E-state index contributed by atoms with van der Waals surface area (Å²) in [6.45, 7) is 0. The van der Waals surface area contributed by atoms with E-state index in [1.165, 1.54) is 44.1 Å². The fraction of sp³-hybridized carbons (Fsp3) is 0. The smallest absolute Gasteiger partial charge is 0.143 e. The van der Waals surface area contributed by atoms with E-state index in [1.807, 2.05) is 0 Å². The third kappa shape index (κ3) is 5.68. The number of anilines is 3. The molecule has 3 heteroatoms. The summed E-state index contributed by atoms with van der Waals surface area (Å²) in [6.07, 6.45) is 0. The van der Waals surface area contributed by atoms with Gasteiger partial charge in [-0.1, -0.05) is 152 Å². The Morgan fingerprint density at radius 2 is 0.789 bits per heavy atom. The molecule has 2 aromatic heterocycles. The predicted octanol–water partition coefficient (Wildman–Crippen LogP) is 15.2. The van der Waals surface area contributed by atoms with E-state index < -0.39 is 0 Å². The topological polar surface area (TPSA) is 21.3 Å². The Bertz CT molecular complexity index is 3060. The second-order valence-corrected chi connectivity index (χ2v) is 14.5. The van der Waals surface area contributed by atoms with Crippen molar-refractivity contribution in [2.45, 2.75) is 0 Å². The van der Waals surface area contributed by atoms with Crippen molar-refractivity contribution < 1.29 is 4.42 Å². The van der Waals surface area contributed by atoms with Gasteiger partial charge in [0.05, 0.1) is 11.0 Å². The second-order valence-electron chi connectivity index (χ2n) is 14.5. The van der Waals surface area contributed by atoms with Crippen LogP contribution in [0, 0.1) is 0 Å². The normalized spacial score (nSPS) is 11.5. The number of para-hydroxylation sites is 2. The van der Waals surface area contributed by atoms with Crippen molar-refractivity contribution in [1.82, 2.24) is 4.57 Å². The van der Waals surface area contributed by atoms with Crippen LogP contribution >= 0.6 is 0 Å². The summed E-state index contributed by atoms with van der Waals surface area (Å²) in [4.78, 5) is 2.32. The average Bonchev–Trinajstić information content (AvgIpc) is 3.83. The van der Waals surface area contributed by atoms with Gasteiger partial charge >= 0.3 is 0 Å². The van der Waals surface area contributed by atoms with Gasteiger partial charge in [-0.2, -0.15) is 0 Å². The first kappa shape index (κ1) is 32.8. The van der Waals surface area contributed by atoms with Crippen molar-refractivity contribution in [3.63, 3.8) is 0 Å². The zero-order chi connectivity index (χ0) is 37.7. The lowest BCUT2D eigenvalue weighted by Crippen LogP contribution is -2.09. The van der Waals surface area contributed by atoms with Crippen LogP contribution in [0.3, 0.4) is 0 Å². The average molecular weight is 729 g/mol. The van der Waals surface area contributed by atoms with Crippen molar-refractivity contribution in [2.75, 3.05) is 4.90 Å². The molecular formula is C54H36N2O. The molecule has 0 radical (unpaired) electrons. The molecule has 0 saturated heterocycles. The molecular weight excluding hydrogens is 693 g/mol. The number of benzene rings is 9. The molecule has 0 spiro atoms. The Morgan fingerprint density at radius 3 is 1.33 bits per heavy atom. The Hall–Kier alpha value is -7.62. The highest BCUT2D eigenvalue weighted by Gasteiger charge is 2.20. The Balaban J connectivity index is 1.10. The highest BCUT2D eigenvalue weighted by atomic mass is 16.3. The molecule has 0 amide bonds. The lowest BCUT2D eigenvalue weighted by molar-refractivity contribution is 0.670. The van der Waals surface area contributed by atoms with Crippen LogP contribution in [0.25, 0.3) is 82.8 Å². The van der Waals surface area contributed by atoms with E-state index in [0.717, 1.165) is 55.8 Å². The molecule has 9 aromatic carbocycles. The Kier molecular flexibility index (Phi) is 7.82. The summed E-state index contributed by atoms with van der Waals surface area (Å²) >= 11 is 0. The number of rotatable bonds is 7. The van der Waals surface area contributed by atoms with Crippen LogP contribution in [0.2, 0.25) is 0 Å². The molecule has 0 bridgehead atoms. The van der Waals surface area contributed by atoms with Gasteiger partial charge in [0.1, 0.15) is 11.2 Å². The Morgan fingerprint density at radius 1 is 0.333 bits per heavy atom. The predicted molar refractivity (Wildman–Crippen MR) is 239 cm³/mol. The van der Waals surface area contributed by atoms with E-state index in [1.54, 1.807) is 0 Å². The van der Waals surface area contributed by atoms with Gasteiger partial charge in [-0.15, -0.1) is 0 Å². The molecule has 0 aliphatic rings. The van der Waals surface area contributed by atoms with E-state index in [0.29, 0.717) is 0 Å². The number of hydrogen-bond acceptors (Lipinski definition) is 2.